The molecule has 1 rings (SSSR count). The maximum absolute atomic E-state index is 12.6. The first kappa shape index (κ1) is 18.3. The molecule has 1 aromatic carbocycles. The van der Waals surface area contributed by atoms with Crippen molar-refractivity contribution in [3.63, 3.8) is 0 Å². The van der Waals surface area contributed by atoms with Crippen LogP contribution in [0.1, 0.15) is 20.8 Å². The average Bonchev–Trinajstić information content (AvgIpc) is 2.46. The van der Waals surface area contributed by atoms with Crippen molar-refractivity contribution in [3.05, 3.63) is 18.2 Å². The molecule has 0 aliphatic carbocycles. The molecule has 1 aromatic rings. The lowest BCUT2D eigenvalue weighted by atomic mass is 10.0. The predicted molar refractivity (Wildman–Crippen MR) is 89.0 cm³/mol. The van der Waals surface area contributed by atoms with E-state index in [2.05, 4.69) is 5.32 Å². The second-order valence-electron chi connectivity index (χ2n) is 5.49. The Balaban J connectivity index is 2.89. The smallest absolute Gasteiger partial charge is 0.241 e. The van der Waals surface area contributed by atoms with Gasteiger partial charge in [-0.15, -0.1) is 0 Å². The summed E-state index contributed by atoms with van der Waals surface area (Å²) in [6, 6.07) is 4.85. The van der Waals surface area contributed by atoms with Crippen LogP contribution in [-0.4, -0.2) is 48.8 Å². The highest BCUT2D eigenvalue weighted by atomic mass is 16.5. The molecule has 0 aromatic heterocycles. The molecule has 4 N–H and O–H groups in total. The van der Waals surface area contributed by atoms with E-state index in [-0.39, 0.29) is 24.5 Å². The Labute approximate surface area is 132 Å². The quantitative estimate of drug-likeness (QED) is 0.634. The lowest BCUT2D eigenvalue weighted by Gasteiger charge is -2.32. The summed E-state index contributed by atoms with van der Waals surface area (Å²) in [5.41, 5.74) is 6.97. The van der Waals surface area contributed by atoms with Gasteiger partial charge in [-0.2, -0.15) is 0 Å². The van der Waals surface area contributed by atoms with Crippen molar-refractivity contribution < 1.29 is 14.6 Å². The SMILES string of the molecule is CCN(CCO)C(C(=O)Nc1ccc(OC)c(N)c1)C(C)C. The van der Waals surface area contributed by atoms with Crippen molar-refractivity contribution in [1.29, 1.82) is 0 Å². The number of nitrogens with one attached hydrogen (secondary N) is 1. The summed E-state index contributed by atoms with van der Waals surface area (Å²) in [6.45, 7) is 7.15. The highest BCUT2D eigenvalue weighted by Gasteiger charge is 2.27. The third kappa shape index (κ3) is 4.61. The second-order valence-corrected chi connectivity index (χ2v) is 5.49. The van der Waals surface area contributed by atoms with Gasteiger partial charge in [0.05, 0.1) is 25.4 Å². The van der Waals surface area contributed by atoms with Gasteiger partial charge in [-0.3, -0.25) is 9.69 Å². The van der Waals surface area contributed by atoms with Crippen molar-refractivity contribution in [3.8, 4) is 5.75 Å². The average molecular weight is 309 g/mol. The van der Waals surface area contributed by atoms with Gasteiger partial charge in [0.15, 0.2) is 0 Å². The molecule has 0 saturated carbocycles. The number of anilines is 2. The Hall–Kier alpha value is -1.79. The number of aliphatic hydroxyl groups excluding tert-OH is 1. The van der Waals surface area contributed by atoms with E-state index in [0.717, 1.165) is 0 Å². The zero-order valence-corrected chi connectivity index (χ0v) is 13.8. The van der Waals surface area contributed by atoms with Crippen LogP contribution in [0.2, 0.25) is 0 Å². The molecule has 1 amide bonds. The number of hydrogen-bond donors (Lipinski definition) is 3. The van der Waals surface area contributed by atoms with Gasteiger partial charge in [-0.1, -0.05) is 20.8 Å². The first-order valence-electron chi connectivity index (χ1n) is 7.53. The van der Waals surface area contributed by atoms with Gasteiger partial charge in [-0.25, -0.2) is 0 Å². The maximum atomic E-state index is 12.6. The highest BCUT2D eigenvalue weighted by molar-refractivity contribution is 5.95. The largest absolute Gasteiger partial charge is 0.495 e. The van der Waals surface area contributed by atoms with Gasteiger partial charge in [0, 0.05) is 12.2 Å². The monoisotopic (exact) mass is 309 g/mol. The van der Waals surface area contributed by atoms with Crippen molar-refractivity contribution >= 4 is 17.3 Å². The van der Waals surface area contributed by atoms with E-state index in [1.54, 1.807) is 25.3 Å². The van der Waals surface area contributed by atoms with E-state index in [1.807, 2.05) is 25.7 Å². The van der Waals surface area contributed by atoms with Crippen molar-refractivity contribution in [2.24, 2.45) is 5.92 Å². The van der Waals surface area contributed by atoms with E-state index in [0.29, 0.717) is 30.2 Å². The molecular formula is C16H27N3O3. The van der Waals surface area contributed by atoms with Gasteiger partial charge in [0.2, 0.25) is 5.91 Å². The van der Waals surface area contributed by atoms with Crippen LogP contribution in [0.5, 0.6) is 5.75 Å². The number of nitrogen functional groups attached to an aromatic ring is 1. The van der Waals surface area contributed by atoms with Crippen LogP contribution in [0.25, 0.3) is 0 Å². The predicted octanol–water partition coefficient (Wildman–Crippen LogP) is 1.55. The number of methoxy groups -OCH3 is 1. The molecule has 0 fully saturated rings. The summed E-state index contributed by atoms with van der Waals surface area (Å²) in [6.07, 6.45) is 0. The van der Waals surface area contributed by atoms with Crippen LogP contribution >= 0.6 is 0 Å². The number of likely N-dealkylation sites (N-methyl/N-ethyl adjacent to an activating group) is 1. The van der Waals surface area contributed by atoms with Crippen LogP contribution in [0.15, 0.2) is 18.2 Å². The maximum Gasteiger partial charge on any atom is 0.241 e. The third-order valence-corrected chi connectivity index (χ3v) is 3.58. The van der Waals surface area contributed by atoms with E-state index in [1.165, 1.54) is 0 Å². The molecule has 1 atom stereocenters. The summed E-state index contributed by atoms with van der Waals surface area (Å²) in [7, 11) is 1.55. The molecule has 0 saturated heterocycles. The van der Waals surface area contributed by atoms with E-state index in [4.69, 9.17) is 15.6 Å². The first-order chi connectivity index (χ1) is 10.4. The van der Waals surface area contributed by atoms with Crippen LogP contribution in [0, 0.1) is 5.92 Å². The van der Waals surface area contributed by atoms with E-state index < -0.39 is 0 Å². The minimum Gasteiger partial charge on any atom is -0.495 e. The van der Waals surface area contributed by atoms with Crippen molar-refractivity contribution in [1.82, 2.24) is 4.90 Å². The molecule has 0 aliphatic rings. The molecule has 0 heterocycles. The Morgan fingerprint density at radius 2 is 2.14 bits per heavy atom. The van der Waals surface area contributed by atoms with Gasteiger partial charge in [0.25, 0.3) is 0 Å². The number of aliphatic hydroxyl groups is 1. The molecule has 6 heteroatoms. The van der Waals surface area contributed by atoms with Gasteiger partial charge in [-0.05, 0) is 30.7 Å². The number of carbonyl (C=O) groups excluding carboxylic acids is 1. The molecule has 0 bridgehead atoms. The van der Waals surface area contributed by atoms with Gasteiger partial charge in [0.1, 0.15) is 5.75 Å². The molecule has 0 spiro atoms. The fraction of sp³-hybridized carbons (Fsp3) is 0.562. The van der Waals surface area contributed by atoms with E-state index >= 15 is 0 Å². The fourth-order valence-electron chi connectivity index (χ4n) is 2.54. The van der Waals surface area contributed by atoms with Crippen LogP contribution in [0.3, 0.4) is 0 Å². The second kappa shape index (κ2) is 8.60. The highest BCUT2D eigenvalue weighted by Crippen LogP contribution is 2.25. The molecule has 0 radical (unpaired) electrons. The zero-order chi connectivity index (χ0) is 16.7. The number of rotatable bonds is 8. The van der Waals surface area contributed by atoms with Crippen LogP contribution in [0.4, 0.5) is 11.4 Å². The third-order valence-electron chi connectivity index (χ3n) is 3.58. The first-order valence-corrected chi connectivity index (χ1v) is 7.53. The number of benzene rings is 1. The number of nitrogens with zero attached hydrogens (tertiary/aromatic N) is 1. The Morgan fingerprint density at radius 1 is 1.45 bits per heavy atom. The van der Waals surface area contributed by atoms with Gasteiger partial charge >= 0.3 is 0 Å². The molecular weight excluding hydrogens is 282 g/mol. The van der Waals surface area contributed by atoms with Crippen LogP contribution < -0.4 is 15.8 Å². The summed E-state index contributed by atoms with van der Waals surface area (Å²) in [5.74, 6) is 0.603. The molecule has 124 valence electrons. The normalized spacial score (nSPS) is 12.5. The Bertz CT molecular complexity index is 492. The van der Waals surface area contributed by atoms with Crippen LogP contribution in [-0.2, 0) is 4.79 Å². The number of carbonyl (C=O) groups is 1. The zero-order valence-electron chi connectivity index (χ0n) is 13.8. The molecule has 0 aliphatic heterocycles. The minimum absolute atomic E-state index is 0.0276. The number of nitrogens with two attached hydrogens (primary N) is 1. The van der Waals surface area contributed by atoms with E-state index in [9.17, 15) is 4.79 Å². The molecule has 6 nitrogen and oxygen atoms in total. The van der Waals surface area contributed by atoms with Gasteiger partial charge < -0.3 is 20.9 Å². The number of hydrogen-bond acceptors (Lipinski definition) is 5. The Kier molecular flexibility index (Phi) is 7.14. The fourth-order valence-corrected chi connectivity index (χ4v) is 2.54. The lowest BCUT2D eigenvalue weighted by molar-refractivity contribution is -0.123. The molecule has 1 unspecified atom stereocenters. The summed E-state index contributed by atoms with van der Waals surface area (Å²) in [4.78, 5) is 14.6. The topological polar surface area (TPSA) is 87.8 Å². The van der Waals surface area contributed by atoms with Crippen molar-refractivity contribution in [2.45, 2.75) is 26.8 Å². The summed E-state index contributed by atoms with van der Waals surface area (Å²) >= 11 is 0. The summed E-state index contributed by atoms with van der Waals surface area (Å²) < 4.78 is 5.10. The standard InChI is InChI=1S/C16H27N3O3/c1-5-19(8-9-20)15(11(2)3)16(21)18-12-6-7-14(22-4)13(17)10-12/h6-7,10-11,15,20H,5,8-9,17H2,1-4H3,(H,18,21). The lowest BCUT2D eigenvalue weighted by Crippen LogP contribution is -2.48. The minimum atomic E-state index is -0.305. The molecule has 22 heavy (non-hydrogen) atoms. The number of amides is 1. The Morgan fingerprint density at radius 3 is 2.59 bits per heavy atom. The number of ether oxygens (including phenoxy) is 1. The van der Waals surface area contributed by atoms with Crippen molar-refractivity contribution in [2.75, 3.05) is 37.9 Å². The summed E-state index contributed by atoms with van der Waals surface area (Å²) in [5, 5.41) is 12.1.